The van der Waals surface area contributed by atoms with Gasteiger partial charge < -0.3 is 19.7 Å². The van der Waals surface area contributed by atoms with Crippen molar-refractivity contribution < 1.29 is 23.9 Å². The second kappa shape index (κ2) is 10.3. The number of carbonyl (C=O) groups excluding carboxylic acids is 3. The molecule has 29 heavy (non-hydrogen) atoms. The molecule has 0 heterocycles. The summed E-state index contributed by atoms with van der Waals surface area (Å²) in [7, 11) is 2.92. The van der Waals surface area contributed by atoms with Crippen LogP contribution in [0.4, 0.5) is 5.69 Å². The Labute approximate surface area is 182 Å². The van der Waals surface area contributed by atoms with Gasteiger partial charge in [0.25, 0.3) is 5.91 Å². The predicted molar refractivity (Wildman–Crippen MR) is 111 cm³/mol. The Kier molecular flexibility index (Phi) is 8.13. The number of carbonyl (C=O) groups is 3. The molecule has 154 valence electrons. The first-order valence-corrected chi connectivity index (χ1v) is 9.34. The number of nitrogens with one attached hydrogen (secondary N) is 1. The van der Waals surface area contributed by atoms with E-state index in [0.29, 0.717) is 11.4 Å². The SMILES string of the molecule is COc1cccc(NC(=O)CN(C)C(=O)COC(=O)c2c(Cl)ccc(Cl)c2Cl)c1. The number of hydrogen-bond donors (Lipinski definition) is 1. The van der Waals surface area contributed by atoms with E-state index in [-0.39, 0.29) is 27.2 Å². The molecule has 0 aliphatic heterocycles. The van der Waals surface area contributed by atoms with Gasteiger partial charge in [-0.05, 0) is 24.3 Å². The highest BCUT2D eigenvalue weighted by atomic mass is 35.5. The normalized spacial score (nSPS) is 10.2. The van der Waals surface area contributed by atoms with Crippen LogP contribution in [0.2, 0.25) is 15.1 Å². The standard InChI is InChI=1S/C19H17Cl3N2O5/c1-24(9-15(25)23-11-4-3-5-12(8-11)28-2)16(26)10-29-19(27)17-13(20)6-7-14(21)18(17)22/h3-8H,9-10H2,1-2H3,(H,23,25). The molecule has 0 spiro atoms. The molecule has 0 atom stereocenters. The first-order valence-electron chi connectivity index (χ1n) is 8.21. The summed E-state index contributed by atoms with van der Waals surface area (Å²) >= 11 is 17.8. The Balaban J connectivity index is 1.89. The molecule has 7 nitrogen and oxygen atoms in total. The number of rotatable bonds is 7. The summed E-state index contributed by atoms with van der Waals surface area (Å²) in [4.78, 5) is 37.6. The molecule has 0 aromatic heterocycles. The Morgan fingerprint density at radius 1 is 1.07 bits per heavy atom. The zero-order valence-electron chi connectivity index (χ0n) is 15.5. The van der Waals surface area contributed by atoms with Gasteiger partial charge in [-0.1, -0.05) is 40.9 Å². The highest BCUT2D eigenvalue weighted by Crippen LogP contribution is 2.31. The average molecular weight is 460 g/mol. The largest absolute Gasteiger partial charge is 0.497 e. The third-order valence-electron chi connectivity index (χ3n) is 3.73. The molecule has 0 aliphatic carbocycles. The van der Waals surface area contributed by atoms with Crippen molar-refractivity contribution in [3.8, 4) is 5.75 Å². The maximum atomic E-state index is 12.2. The molecular weight excluding hydrogens is 443 g/mol. The minimum absolute atomic E-state index is 0.0443. The van der Waals surface area contributed by atoms with Gasteiger partial charge in [-0.15, -0.1) is 0 Å². The highest BCUT2D eigenvalue weighted by molar-refractivity contribution is 6.46. The molecular formula is C19H17Cl3N2O5. The van der Waals surface area contributed by atoms with Crippen molar-refractivity contribution in [3.05, 3.63) is 57.0 Å². The predicted octanol–water partition coefficient (Wildman–Crippen LogP) is 3.91. The van der Waals surface area contributed by atoms with Crippen molar-refractivity contribution in [2.45, 2.75) is 0 Å². The number of methoxy groups -OCH3 is 1. The molecule has 2 aromatic carbocycles. The van der Waals surface area contributed by atoms with E-state index in [0.717, 1.165) is 4.90 Å². The van der Waals surface area contributed by atoms with Gasteiger partial charge >= 0.3 is 5.97 Å². The van der Waals surface area contributed by atoms with Gasteiger partial charge in [0.1, 0.15) is 5.75 Å². The van der Waals surface area contributed by atoms with E-state index in [4.69, 9.17) is 44.3 Å². The zero-order chi connectivity index (χ0) is 21.6. The van der Waals surface area contributed by atoms with E-state index in [1.54, 1.807) is 24.3 Å². The van der Waals surface area contributed by atoms with Crippen LogP contribution in [0.1, 0.15) is 10.4 Å². The minimum atomic E-state index is -0.898. The van der Waals surface area contributed by atoms with E-state index < -0.39 is 24.4 Å². The molecule has 0 bridgehead atoms. The van der Waals surface area contributed by atoms with Gasteiger partial charge in [-0.3, -0.25) is 9.59 Å². The van der Waals surface area contributed by atoms with Crippen LogP contribution in [0.3, 0.4) is 0 Å². The van der Waals surface area contributed by atoms with Crippen molar-refractivity contribution >= 4 is 58.3 Å². The summed E-state index contributed by atoms with van der Waals surface area (Å²) in [5.41, 5.74) is 0.388. The monoisotopic (exact) mass is 458 g/mol. The number of hydrogen-bond acceptors (Lipinski definition) is 5. The number of likely N-dealkylation sites (N-methyl/N-ethyl adjacent to an activating group) is 1. The number of anilines is 1. The Hall–Kier alpha value is -2.48. The summed E-state index contributed by atoms with van der Waals surface area (Å²) in [5, 5.41) is 2.75. The molecule has 1 N–H and O–H groups in total. The van der Waals surface area contributed by atoms with Gasteiger partial charge in [0.05, 0.1) is 34.3 Å². The first-order chi connectivity index (χ1) is 13.7. The van der Waals surface area contributed by atoms with Gasteiger partial charge in [-0.2, -0.15) is 0 Å². The molecule has 2 amide bonds. The van der Waals surface area contributed by atoms with Crippen LogP contribution in [-0.4, -0.2) is 50.0 Å². The molecule has 2 aromatic rings. The van der Waals surface area contributed by atoms with E-state index in [1.165, 1.54) is 26.3 Å². The Morgan fingerprint density at radius 2 is 1.76 bits per heavy atom. The molecule has 0 aliphatic rings. The van der Waals surface area contributed by atoms with Crippen molar-refractivity contribution in [2.75, 3.05) is 32.6 Å². The fourth-order valence-corrected chi connectivity index (χ4v) is 2.91. The van der Waals surface area contributed by atoms with Crippen LogP contribution in [0.15, 0.2) is 36.4 Å². The number of benzene rings is 2. The molecule has 2 rings (SSSR count). The van der Waals surface area contributed by atoms with Crippen LogP contribution < -0.4 is 10.1 Å². The van der Waals surface area contributed by atoms with E-state index in [9.17, 15) is 14.4 Å². The van der Waals surface area contributed by atoms with Crippen molar-refractivity contribution in [2.24, 2.45) is 0 Å². The van der Waals surface area contributed by atoms with Crippen LogP contribution in [0.25, 0.3) is 0 Å². The van der Waals surface area contributed by atoms with E-state index in [1.807, 2.05) is 0 Å². The Bertz CT molecular complexity index is 936. The lowest BCUT2D eigenvalue weighted by Crippen LogP contribution is -2.37. The lowest BCUT2D eigenvalue weighted by atomic mass is 10.2. The van der Waals surface area contributed by atoms with Crippen LogP contribution in [-0.2, 0) is 14.3 Å². The molecule has 0 fully saturated rings. The highest BCUT2D eigenvalue weighted by Gasteiger charge is 2.21. The van der Waals surface area contributed by atoms with Gasteiger partial charge in [0, 0.05) is 18.8 Å². The smallest absolute Gasteiger partial charge is 0.341 e. The molecule has 10 heteroatoms. The quantitative estimate of drug-likeness (QED) is 0.501. The summed E-state index contributed by atoms with van der Waals surface area (Å²) in [6.07, 6.45) is 0. The summed E-state index contributed by atoms with van der Waals surface area (Å²) < 4.78 is 10.0. The van der Waals surface area contributed by atoms with E-state index in [2.05, 4.69) is 5.32 Å². The van der Waals surface area contributed by atoms with E-state index >= 15 is 0 Å². The summed E-state index contributed by atoms with van der Waals surface area (Å²) in [6.45, 7) is -0.840. The fraction of sp³-hybridized carbons (Fsp3) is 0.211. The number of esters is 1. The number of amides is 2. The third-order valence-corrected chi connectivity index (χ3v) is 4.85. The lowest BCUT2D eigenvalue weighted by molar-refractivity contribution is -0.136. The van der Waals surface area contributed by atoms with Crippen molar-refractivity contribution in [1.29, 1.82) is 0 Å². The molecule has 0 saturated carbocycles. The van der Waals surface area contributed by atoms with Crippen molar-refractivity contribution in [1.82, 2.24) is 4.90 Å². The average Bonchev–Trinajstić information content (AvgIpc) is 2.69. The molecule has 0 saturated heterocycles. The van der Waals surface area contributed by atoms with Gasteiger partial charge in [-0.25, -0.2) is 4.79 Å². The molecule has 0 radical (unpaired) electrons. The summed E-state index contributed by atoms with van der Waals surface area (Å²) in [6, 6.07) is 9.60. The number of nitrogens with zero attached hydrogens (tertiary/aromatic N) is 1. The van der Waals surface area contributed by atoms with Crippen molar-refractivity contribution in [3.63, 3.8) is 0 Å². The number of halogens is 3. The topological polar surface area (TPSA) is 84.9 Å². The maximum Gasteiger partial charge on any atom is 0.341 e. The first kappa shape index (κ1) is 22.8. The second-order valence-electron chi connectivity index (χ2n) is 5.82. The van der Waals surface area contributed by atoms with Crippen LogP contribution >= 0.6 is 34.8 Å². The zero-order valence-corrected chi connectivity index (χ0v) is 17.8. The minimum Gasteiger partial charge on any atom is -0.497 e. The fourth-order valence-electron chi connectivity index (χ4n) is 2.23. The van der Waals surface area contributed by atoms with Gasteiger partial charge in [0.2, 0.25) is 5.91 Å². The van der Waals surface area contributed by atoms with Gasteiger partial charge in [0.15, 0.2) is 6.61 Å². The Morgan fingerprint density at radius 3 is 2.45 bits per heavy atom. The third kappa shape index (κ3) is 6.25. The number of ether oxygens (including phenoxy) is 2. The second-order valence-corrected chi connectivity index (χ2v) is 7.02. The summed E-state index contributed by atoms with van der Waals surface area (Å²) in [5.74, 6) is -1.34. The molecule has 0 unspecified atom stereocenters. The lowest BCUT2D eigenvalue weighted by Gasteiger charge is -2.17. The maximum absolute atomic E-state index is 12.2. The van der Waals surface area contributed by atoms with Crippen LogP contribution in [0.5, 0.6) is 5.75 Å². The van der Waals surface area contributed by atoms with Crippen LogP contribution in [0, 0.1) is 0 Å².